The van der Waals surface area contributed by atoms with E-state index in [-0.39, 0.29) is 12.0 Å². The second-order valence-corrected chi connectivity index (χ2v) is 7.59. The summed E-state index contributed by atoms with van der Waals surface area (Å²) in [6.45, 7) is 9.20. The monoisotopic (exact) mass is 240 g/mol. The summed E-state index contributed by atoms with van der Waals surface area (Å²) in [7, 11) is 0. The zero-order chi connectivity index (χ0) is 12.9. The van der Waals surface area contributed by atoms with Gasteiger partial charge < -0.3 is 10.2 Å². The van der Waals surface area contributed by atoms with E-state index in [1.54, 1.807) is 0 Å². The summed E-state index contributed by atoms with van der Waals surface area (Å²) in [5, 5.41) is 20.5. The van der Waals surface area contributed by atoms with Crippen molar-refractivity contribution >= 4 is 0 Å². The molecule has 2 heteroatoms. The Balaban J connectivity index is 2.03. The maximum Gasteiger partial charge on any atom is 0.0728 e. The van der Waals surface area contributed by atoms with Crippen LogP contribution < -0.4 is 0 Å². The molecule has 2 aliphatic rings. The number of aliphatic hydroxyl groups excluding tert-OH is 1. The van der Waals surface area contributed by atoms with Gasteiger partial charge in [0.05, 0.1) is 12.2 Å². The van der Waals surface area contributed by atoms with Gasteiger partial charge in [-0.1, -0.05) is 27.7 Å². The van der Waals surface area contributed by atoms with Gasteiger partial charge in [-0.2, -0.15) is 0 Å². The van der Waals surface area contributed by atoms with E-state index in [0.29, 0.717) is 17.3 Å². The summed E-state index contributed by atoms with van der Waals surface area (Å²) in [5.74, 6) is 1.20. The van der Waals surface area contributed by atoms with Crippen molar-refractivity contribution in [3.8, 4) is 0 Å². The largest absolute Gasteiger partial charge is 0.396 e. The zero-order valence-corrected chi connectivity index (χ0v) is 11.8. The molecule has 0 saturated heterocycles. The van der Waals surface area contributed by atoms with Crippen LogP contribution in [0.25, 0.3) is 0 Å². The predicted molar refractivity (Wildman–Crippen MR) is 69.7 cm³/mol. The summed E-state index contributed by atoms with van der Waals surface area (Å²) >= 11 is 0. The van der Waals surface area contributed by atoms with Gasteiger partial charge in [0.2, 0.25) is 0 Å². The van der Waals surface area contributed by atoms with Crippen LogP contribution in [0.2, 0.25) is 0 Å². The first kappa shape index (κ1) is 13.4. The minimum atomic E-state index is -0.594. The van der Waals surface area contributed by atoms with Crippen molar-refractivity contribution in [2.75, 3.05) is 6.61 Å². The molecule has 0 aliphatic heterocycles. The summed E-state index contributed by atoms with van der Waals surface area (Å²) in [4.78, 5) is 0. The van der Waals surface area contributed by atoms with Crippen molar-refractivity contribution in [2.45, 2.75) is 65.4 Å². The molecule has 2 rings (SSSR count). The molecule has 0 bridgehead atoms. The van der Waals surface area contributed by atoms with E-state index >= 15 is 0 Å². The summed E-state index contributed by atoms with van der Waals surface area (Å²) in [6, 6.07) is 0. The second-order valence-electron chi connectivity index (χ2n) is 7.59. The van der Waals surface area contributed by atoms with Crippen LogP contribution in [0.5, 0.6) is 0 Å². The molecule has 0 aromatic carbocycles. The highest BCUT2D eigenvalue weighted by atomic mass is 16.3. The number of hydrogen-bond donors (Lipinski definition) is 2. The lowest BCUT2D eigenvalue weighted by atomic mass is 9.64. The Morgan fingerprint density at radius 3 is 1.94 bits per heavy atom. The topological polar surface area (TPSA) is 40.5 Å². The molecule has 0 heterocycles. The van der Waals surface area contributed by atoms with E-state index < -0.39 is 5.60 Å². The molecule has 17 heavy (non-hydrogen) atoms. The van der Waals surface area contributed by atoms with Crippen LogP contribution >= 0.6 is 0 Å². The normalized spacial score (nSPS) is 46.9. The predicted octanol–water partition coefficient (Wildman–Crippen LogP) is 2.97. The van der Waals surface area contributed by atoms with E-state index in [1.807, 2.05) is 0 Å². The summed E-state index contributed by atoms with van der Waals surface area (Å²) in [5.41, 5.74) is -0.415. The molecule has 2 saturated carbocycles. The molecule has 0 amide bonds. The minimum absolute atomic E-state index is 0.158. The van der Waals surface area contributed by atoms with Gasteiger partial charge in [0.15, 0.2) is 0 Å². The first-order valence-corrected chi connectivity index (χ1v) is 7.08. The fourth-order valence-corrected chi connectivity index (χ4v) is 3.96. The second kappa shape index (κ2) is 3.96. The Labute approximate surface area is 105 Å². The first-order chi connectivity index (χ1) is 7.75. The van der Waals surface area contributed by atoms with E-state index in [9.17, 15) is 10.2 Å². The van der Waals surface area contributed by atoms with Crippen molar-refractivity contribution in [3.63, 3.8) is 0 Å². The maximum atomic E-state index is 10.9. The van der Waals surface area contributed by atoms with Crippen LogP contribution in [0.15, 0.2) is 0 Å². The van der Waals surface area contributed by atoms with Crippen molar-refractivity contribution in [1.29, 1.82) is 0 Å². The fraction of sp³-hybridized carbons (Fsp3) is 1.00. The summed E-state index contributed by atoms with van der Waals surface area (Å²) < 4.78 is 0. The Bertz CT molecular complexity index is 280. The van der Waals surface area contributed by atoms with Gasteiger partial charge in [0.25, 0.3) is 0 Å². The molecule has 2 atom stereocenters. The maximum absolute atomic E-state index is 10.9. The van der Waals surface area contributed by atoms with Gasteiger partial charge in [-0.25, -0.2) is 0 Å². The van der Waals surface area contributed by atoms with Crippen molar-refractivity contribution in [2.24, 2.45) is 22.7 Å². The van der Waals surface area contributed by atoms with Gasteiger partial charge >= 0.3 is 0 Å². The third-order valence-electron chi connectivity index (χ3n) is 5.70. The molecular weight excluding hydrogens is 212 g/mol. The highest BCUT2D eigenvalue weighted by Gasteiger charge is 2.64. The molecule has 0 spiro atoms. The van der Waals surface area contributed by atoms with Crippen molar-refractivity contribution < 1.29 is 10.2 Å². The SMILES string of the molecule is CC1CC1(CO)C1(O)CCC(C(C)(C)C)CC1. The third kappa shape index (κ3) is 2.04. The quantitative estimate of drug-likeness (QED) is 0.779. The van der Waals surface area contributed by atoms with E-state index in [4.69, 9.17) is 0 Å². The molecule has 2 nitrogen and oxygen atoms in total. The first-order valence-electron chi connectivity index (χ1n) is 7.08. The lowest BCUT2D eigenvalue weighted by molar-refractivity contribution is -0.102. The van der Waals surface area contributed by atoms with E-state index in [1.165, 1.54) is 0 Å². The van der Waals surface area contributed by atoms with Crippen LogP contribution in [0.4, 0.5) is 0 Å². The number of rotatable bonds is 2. The molecule has 0 radical (unpaired) electrons. The Kier molecular flexibility index (Phi) is 3.11. The molecule has 2 unspecified atom stereocenters. The third-order valence-corrected chi connectivity index (χ3v) is 5.70. The average molecular weight is 240 g/mol. The van der Waals surface area contributed by atoms with Crippen molar-refractivity contribution in [3.05, 3.63) is 0 Å². The standard InChI is InChI=1S/C15H28O2/c1-11-9-14(11,10-16)15(17)7-5-12(6-8-15)13(2,3)4/h11-12,16-17H,5-10H2,1-4H3. The molecule has 2 aliphatic carbocycles. The minimum Gasteiger partial charge on any atom is -0.396 e. The Morgan fingerprint density at radius 1 is 1.18 bits per heavy atom. The highest BCUT2D eigenvalue weighted by molar-refractivity contribution is 5.13. The van der Waals surface area contributed by atoms with E-state index in [0.717, 1.165) is 32.1 Å². The number of hydrogen-bond acceptors (Lipinski definition) is 2. The average Bonchev–Trinajstić information content (AvgIpc) is 2.90. The van der Waals surface area contributed by atoms with E-state index in [2.05, 4.69) is 27.7 Å². The lowest BCUT2D eigenvalue weighted by Crippen LogP contribution is -2.47. The van der Waals surface area contributed by atoms with Gasteiger partial charge in [0.1, 0.15) is 0 Å². The van der Waals surface area contributed by atoms with Crippen LogP contribution in [-0.2, 0) is 0 Å². The van der Waals surface area contributed by atoms with Crippen LogP contribution in [0.1, 0.15) is 59.8 Å². The molecule has 2 fully saturated rings. The molecule has 100 valence electrons. The van der Waals surface area contributed by atoms with Crippen molar-refractivity contribution in [1.82, 2.24) is 0 Å². The highest BCUT2D eigenvalue weighted by Crippen LogP contribution is 2.63. The van der Waals surface area contributed by atoms with Crippen LogP contribution in [-0.4, -0.2) is 22.4 Å². The zero-order valence-electron chi connectivity index (χ0n) is 11.8. The molecular formula is C15H28O2. The summed E-state index contributed by atoms with van der Waals surface area (Å²) in [6.07, 6.45) is 4.96. The van der Waals surface area contributed by atoms with Crippen LogP contribution in [0, 0.1) is 22.7 Å². The van der Waals surface area contributed by atoms with Crippen LogP contribution in [0.3, 0.4) is 0 Å². The van der Waals surface area contributed by atoms with Gasteiger partial charge in [-0.3, -0.25) is 0 Å². The molecule has 2 N–H and O–H groups in total. The smallest absolute Gasteiger partial charge is 0.0728 e. The Hall–Kier alpha value is -0.0800. The fourth-order valence-electron chi connectivity index (χ4n) is 3.96. The van der Waals surface area contributed by atoms with Gasteiger partial charge in [-0.05, 0) is 49.4 Å². The van der Waals surface area contributed by atoms with Gasteiger partial charge in [0, 0.05) is 5.41 Å². The Morgan fingerprint density at radius 2 is 1.65 bits per heavy atom. The van der Waals surface area contributed by atoms with Gasteiger partial charge in [-0.15, -0.1) is 0 Å². The lowest BCUT2D eigenvalue weighted by Gasteiger charge is -2.45. The molecule has 0 aromatic rings. The number of aliphatic hydroxyl groups is 2. The molecule has 0 aromatic heterocycles.